The number of hydrogen-bond acceptors (Lipinski definition) is 2. The molecule has 1 amide bonds. The van der Waals surface area contributed by atoms with Crippen molar-refractivity contribution in [3.05, 3.63) is 22.6 Å². The topological polar surface area (TPSA) is 33.5 Å². The van der Waals surface area contributed by atoms with Crippen LogP contribution in [0.3, 0.4) is 0 Å². The quantitative estimate of drug-likeness (QED) is 0.834. The van der Waals surface area contributed by atoms with Gasteiger partial charge in [-0.05, 0) is 40.4 Å². The number of halogens is 1. The molecule has 0 radical (unpaired) electrons. The number of rotatable bonds is 2. The summed E-state index contributed by atoms with van der Waals surface area (Å²) in [4.78, 5) is 13.8. The minimum atomic E-state index is -0.0897. The van der Waals surface area contributed by atoms with Crippen LogP contribution in [-0.2, 0) is 0 Å². The van der Waals surface area contributed by atoms with E-state index in [1.54, 1.807) is 24.1 Å². The van der Waals surface area contributed by atoms with E-state index in [0.717, 1.165) is 0 Å². The molecular weight excluding hydrogens is 270 g/mol. The highest BCUT2D eigenvalue weighted by Gasteiger charge is 2.28. The molecule has 0 aliphatic heterocycles. The Balaban J connectivity index is 2.83. The van der Waals surface area contributed by atoms with Crippen LogP contribution in [0, 0.1) is 5.41 Å². The zero-order chi connectivity index (χ0) is 12.5. The van der Waals surface area contributed by atoms with Gasteiger partial charge in [-0.3, -0.25) is 4.79 Å². The molecule has 0 fully saturated rings. The fourth-order valence-electron chi connectivity index (χ4n) is 1.36. The molecule has 0 saturated carbocycles. The molecule has 0 saturated heterocycles. The summed E-state index contributed by atoms with van der Waals surface area (Å²) in [5, 5.41) is 0. The lowest BCUT2D eigenvalue weighted by Crippen LogP contribution is -2.42. The summed E-state index contributed by atoms with van der Waals surface area (Å²) in [6, 6.07) is 3.55. The van der Waals surface area contributed by atoms with Crippen LogP contribution in [0.1, 0.15) is 38.2 Å². The maximum atomic E-state index is 12.1. The predicted molar refractivity (Wildman–Crippen MR) is 67.4 cm³/mol. The average Bonchev–Trinajstić information content (AvgIpc) is 2.60. The highest BCUT2D eigenvalue weighted by molar-refractivity contribution is 9.10. The van der Waals surface area contributed by atoms with Crippen LogP contribution in [0.2, 0.25) is 0 Å². The SMILES string of the molecule is C[C@H](N(C)C(=O)c1ccc(Br)o1)C(C)(C)C. The van der Waals surface area contributed by atoms with Gasteiger partial charge in [0.15, 0.2) is 10.4 Å². The summed E-state index contributed by atoms with van der Waals surface area (Å²) in [5.74, 6) is 0.276. The number of furan rings is 1. The molecule has 1 rings (SSSR count). The van der Waals surface area contributed by atoms with E-state index in [-0.39, 0.29) is 17.4 Å². The third-order valence-corrected chi connectivity index (χ3v) is 3.36. The Morgan fingerprint density at radius 2 is 2.00 bits per heavy atom. The molecule has 0 spiro atoms. The zero-order valence-electron chi connectivity index (χ0n) is 10.4. The minimum Gasteiger partial charge on any atom is -0.444 e. The van der Waals surface area contributed by atoms with E-state index in [0.29, 0.717) is 10.4 Å². The standard InChI is InChI=1S/C12H18BrNO2/c1-8(12(2,3)4)14(5)11(15)9-6-7-10(13)16-9/h6-8H,1-5H3/t8-/m0/s1. The summed E-state index contributed by atoms with van der Waals surface area (Å²) in [7, 11) is 1.80. The van der Waals surface area contributed by atoms with Crippen molar-refractivity contribution >= 4 is 21.8 Å². The summed E-state index contributed by atoms with van der Waals surface area (Å²) < 4.78 is 5.83. The molecule has 90 valence electrons. The second kappa shape index (κ2) is 4.62. The first-order valence-electron chi connectivity index (χ1n) is 5.26. The Hall–Kier alpha value is -0.770. The first kappa shape index (κ1) is 13.3. The van der Waals surface area contributed by atoms with Crippen molar-refractivity contribution in [3.8, 4) is 0 Å². The van der Waals surface area contributed by atoms with Crippen molar-refractivity contribution in [2.24, 2.45) is 5.41 Å². The first-order valence-corrected chi connectivity index (χ1v) is 6.05. The number of carbonyl (C=O) groups is 1. The number of nitrogens with zero attached hydrogens (tertiary/aromatic N) is 1. The molecule has 0 N–H and O–H groups in total. The predicted octanol–water partition coefficient (Wildman–Crippen LogP) is 3.55. The van der Waals surface area contributed by atoms with Gasteiger partial charge in [0.2, 0.25) is 0 Å². The normalized spacial score (nSPS) is 13.6. The van der Waals surface area contributed by atoms with Gasteiger partial charge in [-0.2, -0.15) is 0 Å². The van der Waals surface area contributed by atoms with Crippen LogP contribution in [0.4, 0.5) is 0 Å². The van der Waals surface area contributed by atoms with Crippen molar-refractivity contribution in [1.29, 1.82) is 0 Å². The second-order valence-corrected chi connectivity index (χ2v) is 5.84. The highest BCUT2D eigenvalue weighted by atomic mass is 79.9. The van der Waals surface area contributed by atoms with Crippen molar-refractivity contribution < 1.29 is 9.21 Å². The van der Waals surface area contributed by atoms with Gasteiger partial charge in [-0.15, -0.1) is 0 Å². The van der Waals surface area contributed by atoms with E-state index in [9.17, 15) is 4.79 Å². The Labute approximate surface area is 105 Å². The van der Waals surface area contributed by atoms with E-state index in [4.69, 9.17) is 4.42 Å². The van der Waals surface area contributed by atoms with Crippen molar-refractivity contribution in [2.75, 3.05) is 7.05 Å². The molecular formula is C12H18BrNO2. The smallest absolute Gasteiger partial charge is 0.289 e. The molecule has 0 bridgehead atoms. The molecule has 0 aromatic carbocycles. The molecule has 1 aromatic rings. The molecule has 4 heteroatoms. The van der Waals surface area contributed by atoms with Crippen molar-refractivity contribution in [1.82, 2.24) is 4.90 Å². The third-order valence-electron chi connectivity index (χ3n) is 2.94. The fraction of sp³-hybridized carbons (Fsp3) is 0.583. The number of carbonyl (C=O) groups excluding carboxylic acids is 1. The van der Waals surface area contributed by atoms with Gasteiger partial charge in [0, 0.05) is 13.1 Å². The monoisotopic (exact) mass is 287 g/mol. The van der Waals surface area contributed by atoms with Gasteiger partial charge >= 0.3 is 0 Å². The molecule has 1 aromatic heterocycles. The molecule has 1 atom stereocenters. The van der Waals surface area contributed by atoms with Gasteiger partial charge < -0.3 is 9.32 Å². The minimum absolute atomic E-state index is 0.0498. The van der Waals surface area contributed by atoms with E-state index in [1.807, 2.05) is 6.92 Å². The van der Waals surface area contributed by atoms with Crippen LogP contribution >= 0.6 is 15.9 Å². The van der Waals surface area contributed by atoms with Crippen molar-refractivity contribution in [2.45, 2.75) is 33.7 Å². The lowest BCUT2D eigenvalue weighted by Gasteiger charge is -2.34. The Morgan fingerprint density at radius 1 is 1.44 bits per heavy atom. The first-order chi connectivity index (χ1) is 7.23. The zero-order valence-corrected chi connectivity index (χ0v) is 12.0. The summed E-state index contributed by atoms with van der Waals surface area (Å²) in [6.07, 6.45) is 0. The van der Waals surface area contributed by atoms with Crippen LogP contribution in [-0.4, -0.2) is 23.9 Å². The molecule has 0 aliphatic rings. The van der Waals surface area contributed by atoms with E-state index >= 15 is 0 Å². The van der Waals surface area contributed by atoms with Crippen LogP contribution in [0.15, 0.2) is 21.2 Å². The number of hydrogen-bond donors (Lipinski definition) is 0. The van der Waals surface area contributed by atoms with Crippen LogP contribution < -0.4 is 0 Å². The van der Waals surface area contributed by atoms with E-state index in [2.05, 4.69) is 36.7 Å². The third kappa shape index (κ3) is 2.88. The Morgan fingerprint density at radius 3 is 2.38 bits per heavy atom. The van der Waals surface area contributed by atoms with E-state index < -0.39 is 0 Å². The van der Waals surface area contributed by atoms with Gasteiger partial charge in [0.1, 0.15) is 0 Å². The number of amides is 1. The maximum Gasteiger partial charge on any atom is 0.289 e. The van der Waals surface area contributed by atoms with Gasteiger partial charge in [0.25, 0.3) is 5.91 Å². The largest absolute Gasteiger partial charge is 0.444 e. The summed E-state index contributed by atoms with van der Waals surface area (Å²) >= 11 is 3.19. The lowest BCUT2D eigenvalue weighted by atomic mass is 9.87. The molecule has 3 nitrogen and oxygen atoms in total. The highest BCUT2D eigenvalue weighted by Crippen LogP contribution is 2.25. The lowest BCUT2D eigenvalue weighted by molar-refractivity contribution is 0.0596. The molecule has 0 aliphatic carbocycles. The van der Waals surface area contributed by atoms with Crippen LogP contribution in [0.25, 0.3) is 0 Å². The summed E-state index contributed by atoms with van der Waals surface area (Å²) in [6.45, 7) is 8.37. The van der Waals surface area contributed by atoms with Gasteiger partial charge in [0.05, 0.1) is 0 Å². The molecule has 1 heterocycles. The Kier molecular flexibility index (Phi) is 3.84. The van der Waals surface area contributed by atoms with Gasteiger partial charge in [-0.1, -0.05) is 20.8 Å². The average molecular weight is 288 g/mol. The van der Waals surface area contributed by atoms with Gasteiger partial charge in [-0.25, -0.2) is 0 Å². The fourth-order valence-corrected chi connectivity index (χ4v) is 1.67. The second-order valence-electron chi connectivity index (χ2n) is 5.06. The Bertz CT molecular complexity index is 379. The molecule has 0 unspecified atom stereocenters. The van der Waals surface area contributed by atoms with E-state index in [1.165, 1.54) is 0 Å². The van der Waals surface area contributed by atoms with Crippen LogP contribution in [0.5, 0.6) is 0 Å². The molecule has 16 heavy (non-hydrogen) atoms. The summed E-state index contributed by atoms with van der Waals surface area (Å²) in [5.41, 5.74) is 0.0498. The maximum absolute atomic E-state index is 12.1. The van der Waals surface area contributed by atoms with Crippen molar-refractivity contribution in [3.63, 3.8) is 0 Å².